The molecule has 8 heteroatoms. The second-order valence-electron chi connectivity index (χ2n) is 4.01. The highest BCUT2D eigenvalue weighted by Crippen LogP contribution is 2.43. The number of hydrogen-bond acceptors (Lipinski definition) is 5. The summed E-state index contributed by atoms with van der Waals surface area (Å²) in [6, 6.07) is 6.95. The van der Waals surface area contributed by atoms with E-state index in [2.05, 4.69) is 5.09 Å². The molecule has 0 aliphatic heterocycles. The van der Waals surface area contributed by atoms with Crippen LogP contribution in [0.2, 0.25) is 0 Å². The fourth-order valence-corrected chi connectivity index (χ4v) is 3.08. The third-order valence-corrected chi connectivity index (χ3v) is 4.16. The van der Waals surface area contributed by atoms with E-state index in [9.17, 15) is 9.36 Å². The lowest BCUT2D eigenvalue weighted by Crippen LogP contribution is -2.33. The SMILES string of the molecule is COCP(=O)(NC(C)C(=O)O)Oc1cccc(C#N)c1. The van der Waals surface area contributed by atoms with Crippen molar-refractivity contribution >= 4 is 13.5 Å². The predicted molar refractivity (Wildman–Crippen MR) is 71.5 cm³/mol. The van der Waals surface area contributed by atoms with Gasteiger partial charge in [-0.2, -0.15) is 5.26 Å². The Morgan fingerprint density at radius 1 is 1.60 bits per heavy atom. The van der Waals surface area contributed by atoms with Crippen molar-refractivity contribution in [3.8, 4) is 11.8 Å². The Balaban J connectivity index is 2.93. The summed E-state index contributed by atoms with van der Waals surface area (Å²) in [5.74, 6) is -0.953. The molecule has 0 saturated heterocycles. The highest BCUT2D eigenvalue weighted by Gasteiger charge is 2.29. The van der Waals surface area contributed by atoms with Crippen LogP contribution in [0.4, 0.5) is 0 Å². The van der Waals surface area contributed by atoms with Gasteiger partial charge < -0.3 is 14.4 Å². The van der Waals surface area contributed by atoms with Crippen LogP contribution in [-0.2, 0) is 14.1 Å². The summed E-state index contributed by atoms with van der Waals surface area (Å²) >= 11 is 0. The first kappa shape index (κ1) is 16.2. The van der Waals surface area contributed by atoms with Crippen LogP contribution in [-0.4, -0.2) is 30.6 Å². The molecule has 0 aromatic heterocycles. The van der Waals surface area contributed by atoms with Crippen LogP contribution >= 0.6 is 7.52 Å². The zero-order valence-corrected chi connectivity index (χ0v) is 12.0. The molecule has 0 aliphatic rings. The zero-order chi connectivity index (χ0) is 15.2. The third kappa shape index (κ3) is 4.67. The summed E-state index contributed by atoms with van der Waals surface area (Å²) in [5, 5.41) is 20.0. The number of nitrogens with zero attached hydrogens (tertiary/aromatic N) is 1. The summed E-state index contributed by atoms with van der Waals surface area (Å²) in [7, 11) is -2.22. The van der Waals surface area contributed by atoms with Gasteiger partial charge in [-0.3, -0.25) is 9.36 Å². The molecule has 0 fully saturated rings. The van der Waals surface area contributed by atoms with Gasteiger partial charge in [0.25, 0.3) is 0 Å². The number of rotatable bonds is 7. The summed E-state index contributed by atoms with van der Waals surface area (Å²) in [5.41, 5.74) is 0.345. The van der Waals surface area contributed by atoms with Crippen molar-refractivity contribution in [2.24, 2.45) is 0 Å². The lowest BCUT2D eigenvalue weighted by molar-refractivity contribution is -0.138. The van der Waals surface area contributed by atoms with E-state index in [1.165, 1.54) is 26.2 Å². The minimum Gasteiger partial charge on any atom is -0.480 e. The molecule has 20 heavy (non-hydrogen) atoms. The molecule has 1 aromatic rings. The number of ether oxygens (including phenoxy) is 1. The number of carboxylic acids is 1. The number of carboxylic acid groups (broad SMARTS) is 1. The first-order chi connectivity index (χ1) is 9.40. The van der Waals surface area contributed by atoms with E-state index >= 15 is 0 Å². The van der Waals surface area contributed by atoms with Gasteiger partial charge in [-0.25, -0.2) is 5.09 Å². The molecule has 0 amide bonds. The maximum Gasteiger partial charge on any atom is 0.342 e. The number of nitrogens with one attached hydrogen (secondary N) is 1. The van der Waals surface area contributed by atoms with Crippen LogP contribution < -0.4 is 9.61 Å². The minimum absolute atomic E-state index is 0.203. The van der Waals surface area contributed by atoms with Gasteiger partial charge in [-0.15, -0.1) is 0 Å². The Hall–Kier alpha value is -1.87. The van der Waals surface area contributed by atoms with Crippen LogP contribution in [0, 0.1) is 11.3 Å². The second kappa shape index (κ2) is 7.06. The summed E-state index contributed by atoms with van der Waals surface area (Å²) < 4.78 is 22.6. The second-order valence-corrected chi connectivity index (χ2v) is 6.06. The van der Waals surface area contributed by atoms with E-state index in [1.807, 2.05) is 6.07 Å². The molecule has 0 heterocycles. The molecular weight excluding hydrogens is 283 g/mol. The smallest absolute Gasteiger partial charge is 0.342 e. The molecule has 2 N–H and O–H groups in total. The fourth-order valence-electron chi connectivity index (χ4n) is 1.40. The van der Waals surface area contributed by atoms with Crippen molar-refractivity contribution in [1.29, 1.82) is 5.26 Å². The van der Waals surface area contributed by atoms with Gasteiger partial charge in [-0.1, -0.05) is 6.07 Å². The van der Waals surface area contributed by atoms with Crippen LogP contribution in [0.25, 0.3) is 0 Å². The van der Waals surface area contributed by atoms with Crippen LogP contribution in [0.1, 0.15) is 12.5 Å². The Morgan fingerprint density at radius 3 is 2.85 bits per heavy atom. The Labute approximate surface area is 116 Å². The number of aliphatic carboxylic acids is 1. The van der Waals surface area contributed by atoms with Gasteiger partial charge in [-0.05, 0) is 25.1 Å². The molecule has 0 bridgehead atoms. The lowest BCUT2D eigenvalue weighted by atomic mass is 10.2. The number of nitriles is 1. The Bertz CT molecular complexity index is 569. The van der Waals surface area contributed by atoms with E-state index in [0.717, 1.165) is 0 Å². The summed E-state index contributed by atoms with van der Waals surface area (Å²) in [6.45, 7) is 1.35. The Kier molecular flexibility index (Phi) is 5.71. The minimum atomic E-state index is -3.54. The number of carbonyl (C=O) groups is 1. The topological polar surface area (TPSA) is 109 Å². The quantitative estimate of drug-likeness (QED) is 0.739. The highest BCUT2D eigenvalue weighted by molar-refractivity contribution is 7.57. The van der Waals surface area contributed by atoms with Crippen molar-refractivity contribution in [1.82, 2.24) is 5.09 Å². The largest absolute Gasteiger partial charge is 0.480 e. The third-order valence-electron chi connectivity index (χ3n) is 2.28. The molecule has 1 rings (SSSR count). The standard InChI is InChI=1S/C12H15N2O5P/c1-9(12(15)16)14-20(17,8-18-2)19-11-5-3-4-10(6-11)7-13/h3-6,9H,8H2,1-2H3,(H,14,17)(H,15,16). The fraction of sp³-hybridized carbons (Fsp3) is 0.333. The van der Waals surface area contributed by atoms with Crippen molar-refractivity contribution in [2.45, 2.75) is 13.0 Å². The van der Waals surface area contributed by atoms with Gasteiger partial charge in [0.15, 0.2) is 0 Å². The number of benzene rings is 1. The van der Waals surface area contributed by atoms with Gasteiger partial charge in [0.2, 0.25) is 0 Å². The maximum atomic E-state index is 12.5. The first-order valence-electron chi connectivity index (χ1n) is 5.68. The molecule has 1 aromatic carbocycles. The molecule has 108 valence electrons. The average molecular weight is 298 g/mol. The predicted octanol–water partition coefficient (Wildman–Crippen LogP) is 1.80. The zero-order valence-electron chi connectivity index (χ0n) is 11.1. The molecular formula is C12H15N2O5P. The normalized spacial score (nSPS) is 14.8. The molecule has 0 spiro atoms. The van der Waals surface area contributed by atoms with Gasteiger partial charge in [0.1, 0.15) is 18.1 Å². The summed E-state index contributed by atoms with van der Waals surface area (Å²) in [6.07, 6.45) is -0.290. The maximum absolute atomic E-state index is 12.5. The van der Waals surface area contributed by atoms with Gasteiger partial charge >= 0.3 is 13.5 Å². The average Bonchev–Trinajstić information content (AvgIpc) is 2.38. The van der Waals surface area contributed by atoms with Crippen LogP contribution in [0.15, 0.2) is 24.3 Å². The number of methoxy groups -OCH3 is 1. The molecule has 2 unspecified atom stereocenters. The molecule has 0 saturated carbocycles. The lowest BCUT2D eigenvalue weighted by Gasteiger charge is -2.21. The van der Waals surface area contributed by atoms with Crippen molar-refractivity contribution in [3.63, 3.8) is 0 Å². The molecule has 0 radical (unpaired) electrons. The number of hydrogen-bond donors (Lipinski definition) is 2. The van der Waals surface area contributed by atoms with Crippen LogP contribution in [0.5, 0.6) is 5.75 Å². The van der Waals surface area contributed by atoms with E-state index in [4.69, 9.17) is 19.6 Å². The molecule has 2 atom stereocenters. The Morgan fingerprint density at radius 2 is 2.30 bits per heavy atom. The van der Waals surface area contributed by atoms with E-state index in [1.54, 1.807) is 12.1 Å². The van der Waals surface area contributed by atoms with Crippen molar-refractivity contribution in [2.75, 3.05) is 13.5 Å². The van der Waals surface area contributed by atoms with E-state index in [-0.39, 0.29) is 12.1 Å². The van der Waals surface area contributed by atoms with Crippen LogP contribution in [0.3, 0.4) is 0 Å². The first-order valence-corrected chi connectivity index (χ1v) is 7.49. The van der Waals surface area contributed by atoms with E-state index < -0.39 is 19.5 Å². The van der Waals surface area contributed by atoms with Gasteiger partial charge in [0, 0.05) is 7.11 Å². The molecule has 7 nitrogen and oxygen atoms in total. The van der Waals surface area contributed by atoms with Crippen molar-refractivity contribution in [3.05, 3.63) is 29.8 Å². The van der Waals surface area contributed by atoms with Gasteiger partial charge in [0.05, 0.1) is 11.6 Å². The summed E-state index contributed by atoms with van der Waals surface area (Å²) in [4.78, 5) is 10.8. The monoisotopic (exact) mass is 298 g/mol. The highest BCUT2D eigenvalue weighted by atomic mass is 31.2. The van der Waals surface area contributed by atoms with E-state index in [0.29, 0.717) is 5.56 Å². The molecule has 0 aliphatic carbocycles. The van der Waals surface area contributed by atoms with Crippen molar-refractivity contribution < 1.29 is 23.7 Å².